The standard InChI is InChI=1S/C20H26N2O6/c1-21-26-18(27-28-21)15-8-6-14(7-9-15)17(23)22-12-10-20(11-13-22,19(24)25)16-4-2-3-5-16/h6-9,16,18H,2-5,10-13H2,1H3,(H,24,25). The van der Waals surface area contributed by atoms with Gasteiger partial charge in [-0.05, 0) is 49.0 Å². The van der Waals surface area contributed by atoms with Crippen molar-refractivity contribution >= 4 is 11.9 Å². The highest BCUT2D eigenvalue weighted by atomic mass is 17.4. The summed E-state index contributed by atoms with van der Waals surface area (Å²) >= 11 is 0. The molecule has 28 heavy (non-hydrogen) atoms. The number of nitrogens with zero attached hydrogens (tertiary/aromatic N) is 2. The Morgan fingerprint density at radius 3 is 2.29 bits per heavy atom. The number of hydroxylamine groups is 2. The molecule has 0 aromatic heterocycles. The summed E-state index contributed by atoms with van der Waals surface area (Å²) in [5, 5.41) is 11.0. The number of hydrogen-bond donors (Lipinski definition) is 1. The summed E-state index contributed by atoms with van der Waals surface area (Å²) in [7, 11) is 1.58. The highest BCUT2D eigenvalue weighted by Gasteiger charge is 2.48. The molecule has 2 heterocycles. The Kier molecular flexibility index (Phi) is 5.37. The van der Waals surface area contributed by atoms with Gasteiger partial charge in [-0.15, -0.1) is 4.99 Å². The Balaban J connectivity index is 1.40. The van der Waals surface area contributed by atoms with Crippen LogP contribution >= 0.6 is 0 Å². The lowest BCUT2D eigenvalue weighted by Gasteiger charge is -2.42. The molecule has 3 aliphatic rings. The third-order valence-electron chi connectivity index (χ3n) is 6.41. The Morgan fingerprint density at radius 1 is 1.11 bits per heavy atom. The van der Waals surface area contributed by atoms with Crippen LogP contribution in [0.25, 0.3) is 0 Å². The second-order valence-corrected chi connectivity index (χ2v) is 7.90. The molecule has 0 bridgehead atoms. The number of hydrogen-bond acceptors (Lipinski definition) is 6. The molecule has 0 spiro atoms. The Morgan fingerprint density at radius 2 is 1.75 bits per heavy atom. The lowest BCUT2D eigenvalue weighted by atomic mass is 9.68. The van der Waals surface area contributed by atoms with Crippen molar-refractivity contribution < 1.29 is 29.4 Å². The SMILES string of the molecule is CN1OOC(c2ccc(C(=O)N3CCC(C(=O)O)(C4CCCC4)CC3)cc2)O1. The van der Waals surface area contributed by atoms with E-state index in [9.17, 15) is 14.7 Å². The summed E-state index contributed by atoms with van der Waals surface area (Å²) in [6.45, 7) is 0.966. The third kappa shape index (κ3) is 3.53. The van der Waals surface area contributed by atoms with Gasteiger partial charge in [0.15, 0.2) is 0 Å². The first-order valence-electron chi connectivity index (χ1n) is 9.86. The minimum atomic E-state index is -0.695. The van der Waals surface area contributed by atoms with Crippen molar-refractivity contribution in [3.05, 3.63) is 35.4 Å². The average Bonchev–Trinajstić information content (AvgIpc) is 3.40. The first-order valence-corrected chi connectivity index (χ1v) is 9.86. The molecule has 1 saturated carbocycles. The fourth-order valence-electron chi connectivity index (χ4n) is 4.74. The molecular weight excluding hydrogens is 364 g/mol. The summed E-state index contributed by atoms with van der Waals surface area (Å²) < 4.78 is 0. The van der Waals surface area contributed by atoms with Gasteiger partial charge in [-0.2, -0.15) is 4.89 Å². The number of carboxylic acid groups (broad SMARTS) is 1. The number of carbonyl (C=O) groups is 2. The van der Waals surface area contributed by atoms with Crippen LogP contribution in [-0.4, -0.2) is 47.2 Å². The van der Waals surface area contributed by atoms with Crippen molar-refractivity contribution in [2.24, 2.45) is 11.3 Å². The molecule has 4 rings (SSSR count). The average molecular weight is 390 g/mol. The molecule has 2 saturated heterocycles. The Bertz CT molecular complexity index is 723. The molecule has 8 nitrogen and oxygen atoms in total. The maximum absolute atomic E-state index is 12.9. The van der Waals surface area contributed by atoms with Gasteiger partial charge in [0.25, 0.3) is 5.91 Å². The predicted octanol–water partition coefficient (Wildman–Crippen LogP) is 2.92. The lowest BCUT2D eigenvalue weighted by Crippen LogP contribution is -2.49. The van der Waals surface area contributed by atoms with Crippen molar-refractivity contribution in [2.75, 3.05) is 20.1 Å². The molecule has 1 aromatic carbocycles. The van der Waals surface area contributed by atoms with E-state index in [1.165, 1.54) is 0 Å². The molecule has 0 radical (unpaired) electrons. The molecule has 8 heteroatoms. The quantitative estimate of drug-likeness (QED) is 0.791. The minimum absolute atomic E-state index is 0.0708. The zero-order chi connectivity index (χ0) is 19.7. The topological polar surface area (TPSA) is 88.5 Å². The lowest BCUT2D eigenvalue weighted by molar-refractivity contribution is -0.402. The van der Waals surface area contributed by atoms with E-state index in [-0.39, 0.29) is 11.8 Å². The van der Waals surface area contributed by atoms with Crippen LogP contribution < -0.4 is 0 Å². The first-order chi connectivity index (χ1) is 13.5. The summed E-state index contributed by atoms with van der Waals surface area (Å²) in [5.74, 6) is -0.522. The molecule has 1 atom stereocenters. The number of piperidine rings is 1. The van der Waals surface area contributed by atoms with Crippen LogP contribution in [-0.2, 0) is 19.5 Å². The molecule has 152 valence electrons. The largest absolute Gasteiger partial charge is 0.481 e. The highest BCUT2D eigenvalue weighted by Crippen LogP contribution is 2.47. The predicted molar refractivity (Wildman–Crippen MR) is 97.4 cm³/mol. The number of rotatable bonds is 4. The molecule has 2 aliphatic heterocycles. The Labute approximate surface area is 163 Å². The van der Waals surface area contributed by atoms with Crippen LogP contribution in [0, 0.1) is 11.3 Å². The molecule has 1 aliphatic carbocycles. The van der Waals surface area contributed by atoms with Gasteiger partial charge in [0.05, 0.1) is 5.41 Å². The van der Waals surface area contributed by atoms with E-state index in [1.54, 1.807) is 36.2 Å². The van der Waals surface area contributed by atoms with E-state index in [0.29, 0.717) is 31.5 Å². The molecule has 1 unspecified atom stereocenters. The van der Waals surface area contributed by atoms with Gasteiger partial charge in [0.1, 0.15) is 0 Å². The van der Waals surface area contributed by atoms with Gasteiger partial charge in [0.2, 0.25) is 6.29 Å². The van der Waals surface area contributed by atoms with E-state index in [0.717, 1.165) is 36.5 Å². The zero-order valence-electron chi connectivity index (χ0n) is 16.0. The van der Waals surface area contributed by atoms with Crippen LogP contribution in [0.15, 0.2) is 24.3 Å². The number of carbonyl (C=O) groups excluding carboxylic acids is 1. The maximum atomic E-state index is 12.9. The second kappa shape index (κ2) is 7.79. The zero-order valence-corrected chi connectivity index (χ0v) is 16.0. The smallest absolute Gasteiger partial charge is 0.310 e. The van der Waals surface area contributed by atoms with E-state index >= 15 is 0 Å². The van der Waals surface area contributed by atoms with Crippen LogP contribution in [0.2, 0.25) is 0 Å². The normalized spacial score (nSPS) is 25.9. The fraction of sp³-hybridized carbons (Fsp3) is 0.600. The van der Waals surface area contributed by atoms with Crippen molar-refractivity contribution in [2.45, 2.75) is 44.8 Å². The second-order valence-electron chi connectivity index (χ2n) is 7.90. The summed E-state index contributed by atoms with van der Waals surface area (Å²) in [5.41, 5.74) is 0.644. The van der Waals surface area contributed by atoms with E-state index in [4.69, 9.17) is 14.7 Å². The summed E-state index contributed by atoms with van der Waals surface area (Å²) in [4.78, 5) is 41.8. The van der Waals surface area contributed by atoms with E-state index < -0.39 is 17.7 Å². The minimum Gasteiger partial charge on any atom is -0.481 e. The van der Waals surface area contributed by atoms with Crippen molar-refractivity contribution in [1.82, 2.24) is 10.1 Å². The van der Waals surface area contributed by atoms with Crippen molar-refractivity contribution in [1.29, 1.82) is 0 Å². The van der Waals surface area contributed by atoms with Gasteiger partial charge in [-0.1, -0.05) is 25.0 Å². The van der Waals surface area contributed by atoms with Gasteiger partial charge in [-0.3, -0.25) is 9.59 Å². The molecule has 3 fully saturated rings. The summed E-state index contributed by atoms with van der Waals surface area (Å²) in [6, 6.07) is 7.01. The van der Waals surface area contributed by atoms with E-state index in [1.807, 2.05) is 0 Å². The van der Waals surface area contributed by atoms with Gasteiger partial charge in [-0.25, -0.2) is 4.84 Å². The van der Waals surface area contributed by atoms with E-state index in [2.05, 4.69) is 0 Å². The van der Waals surface area contributed by atoms with Crippen LogP contribution in [0.1, 0.15) is 60.7 Å². The van der Waals surface area contributed by atoms with Crippen molar-refractivity contribution in [3.63, 3.8) is 0 Å². The Hall–Kier alpha value is -2.00. The molecule has 1 aromatic rings. The van der Waals surface area contributed by atoms with Gasteiger partial charge in [0, 0.05) is 31.3 Å². The number of aliphatic carboxylic acids is 1. The number of benzene rings is 1. The van der Waals surface area contributed by atoms with Gasteiger partial charge >= 0.3 is 5.97 Å². The first kappa shape index (κ1) is 19.3. The van der Waals surface area contributed by atoms with Crippen LogP contribution in [0.4, 0.5) is 0 Å². The monoisotopic (exact) mass is 390 g/mol. The fourth-order valence-corrected chi connectivity index (χ4v) is 4.74. The third-order valence-corrected chi connectivity index (χ3v) is 6.41. The molecule has 1 N–H and O–H groups in total. The molecular formula is C20H26N2O6. The number of carboxylic acids is 1. The number of amides is 1. The van der Waals surface area contributed by atoms with Crippen molar-refractivity contribution in [3.8, 4) is 0 Å². The van der Waals surface area contributed by atoms with Crippen LogP contribution in [0.5, 0.6) is 0 Å². The molecule has 1 amide bonds. The van der Waals surface area contributed by atoms with Gasteiger partial charge < -0.3 is 10.0 Å². The summed E-state index contributed by atoms with van der Waals surface area (Å²) in [6.07, 6.45) is 4.62. The number of likely N-dealkylation sites (tertiary alicyclic amines) is 1. The highest BCUT2D eigenvalue weighted by molar-refractivity contribution is 5.94. The van der Waals surface area contributed by atoms with Crippen LogP contribution in [0.3, 0.4) is 0 Å². The maximum Gasteiger partial charge on any atom is 0.310 e.